The molecule has 26 heavy (non-hydrogen) atoms. The lowest BCUT2D eigenvalue weighted by Gasteiger charge is -2.28. The van der Waals surface area contributed by atoms with Crippen LogP contribution in [-0.2, 0) is 13.7 Å². The molecule has 0 radical (unpaired) electrons. The molecule has 2 aromatic rings. The third-order valence-electron chi connectivity index (χ3n) is 3.98. The monoisotopic (exact) mass is 359 g/mol. The minimum Gasteiger partial charge on any atom is -0.483 e. The first kappa shape index (κ1) is 19.4. The molecule has 0 atom stereocenters. The fourth-order valence-electron chi connectivity index (χ4n) is 2.51. The van der Waals surface area contributed by atoms with E-state index in [-0.39, 0.29) is 12.4 Å². The molecule has 8 nitrogen and oxygen atoms in total. The molecule has 0 saturated heterocycles. The van der Waals surface area contributed by atoms with Gasteiger partial charge >= 0.3 is 5.82 Å². The molecule has 0 aliphatic rings. The van der Waals surface area contributed by atoms with E-state index in [1.807, 2.05) is 30.6 Å². The summed E-state index contributed by atoms with van der Waals surface area (Å²) >= 11 is 0. The van der Waals surface area contributed by atoms with Crippen molar-refractivity contribution < 1.29 is 9.66 Å². The molecule has 0 aliphatic heterocycles. The third-order valence-corrected chi connectivity index (χ3v) is 3.98. The van der Waals surface area contributed by atoms with Crippen LogP contribution in [0.25, 0.3) is 0 Å². The van der Waals surface area contributed by atoms with Gasteiger partial charge in [0.1, 0.15) is 11.9 Å². The van der Waals surface area contributed by atoms with E-state index in [0.29, 0.717) is 23.7 Å². The maximum atomic E-state index is 10.8. The van der Waals surface area contributed by atoms with Gasteiger partial charge in [0, 0.05) is 12.1 Å². The number of nitrogens with zero attached hydrogens (tertiary/aromatic N) is 5. The Kier molecular flexibility index (Phi) is 6.32. The van der Waals surface area contributed by atoms with Crippen molar-refractivity contribution in [3.05, 3.63) is 46.4 Å². The van der Waals surface area contributed by atoms with E-state index in [2.05, 4.69) is 42.6 Å². The van der Waals surface area contributed by atoms with Gasteiger partial charge in [0.25, 0.3) is 0 Å². The second-order valence-corrected chi connectivity index (χ2v) is 6.51. The van der Waals surface area contributed by atoms with Crippen molar-refractivity contribution in [1.29, 1.82) is 0 Å². The number of benzene rings is 1. The topological polar surface area (TPSA) is 85.8 Å². The molecular formula is C18H25N5O3. The highest BCUT2D eigenvalue weighted by Crippen LogP contribution is 2.20. The highest BCUT2D eigenvalue weighted by Gasteiger charge is 2.16. The highest BCUT2D eigenvalue weighted by molar-refractivity contribution is 5.62. The van der Waals surface area contributed by atoms with Crippen LogP contribution in [0.2, 0.25) is 0 Å². The van der Waals surface area contributed by atoms with Gasteiger partial charge in [-0.1, -0.05) is 0 Å². The average molecular weight is 359 g/mol. The summed E-state index contributed by atoms with van der Waals surface area (Å²) in [6, 6.07) is 8.13. The minimum absolute atomic E-state index is 0.0619. The van der Waals surface area contributed by atoms with Gasteiger partial charge in [-0.3, -0.25) is 0 Å². The van der Waals surface area contributed by atoms with Crippen LogP contribution in [0.5, 0.6) is 5.75 Å². The van der Waals surface area contributed by atoms with E-state index in [9.17, 15) is 10.1 Å². The fraction of sp³-hybridized carbons (Fsp3) is 0.444. The molecule has 0 amide bonds. The molecule has 2 rings (SSSR count). The molecule has 0 bridgehead atoms. The lowest BCUT2D eigenvalue weighted by atomic mass is 10.2. The number of aliphatic imine (C=N–C) groups is 1. The number of nitro groups is 1. The van der Waals surface area contributed by atoms with Crippen molar-refractivity contribution in [1.82, 2.24) is 14.5 Å². The Bertz CT molecular complexity index is 758. The smallest absolute Gasteiger partial charge is 0.342 e. The van der Waals surface area contributed by atoms with Crippen LogP contribution in [-0.4, -0.2) is 37.8 Å². The SMILES string of the molecule is CC(C)N(C=Nc1ccc(OCc2ncc([N+](=O)[O-])n2C)cc1)C(C)C. The van der Waals surface area contributed by atoms with Gasteiger partial charge < -0.3 is 19.8 Å². The zero-order valence-corrected chi connectivity index (χ0v) is 15.8. The van der Waals surface area contributed by atoms with Gasteiger partial charge in [-0.25, -0.2) is 14.5 Å². The summed E-state index contributed by atoms with van der Waals surface area (Å²) in [5.74, 6) is 1.08. The zero-order chi connectivity index (χ0) is 19.3. The van der Waals surface area contributed by atoms with Crippen LogP contribution in [0.1, 0.15) is 33.5 Å². The largest absolute Gasteiger partial charge is 0.483 e. The molecule has 140 valence electrons. The van der Waals surface area contributed by atoms with Crippen molar-refractivity contribution in [2.75, 3.05) is 0 Å². The van der Waals surface area contributed by atoms with Crippen molar-refractivity contribution in [2.45, 2.75) is 46.4 Å². The maximum Gasteiger partial charge on any atom is 0.342 e. The fourth-order valence-corrected chi connectivity index (χ4v) is 2.51. The second kappa shape index (κ2) is 8.46. The minimum atomic E-state index is -0.471. The van der Waals surface area contributed by atoms with Crippen molar-refractivity contribution >= 4 is 17.8 Å². The Morgan fingerprint density at radius 2 is 1.88 bits per heavy atom. The van der Waals surface area contributed by atoms with E-state index >= 15 is 0 Å². The molecule has 0 aliphatic carbocycles. The molecule has 1 aromatic heterocycles. The Labute approximate surface area is 153 Å². The summed E-state index contributed by atoms with van der Waals surface area (Å²) in [6.07, 6.45) is 3.09. The number of imidazole rings is 1. The van der Waals surface area contributed by atoms with Crippen LogP contribution in [0, 0.1) is 10.1 Å². The van der Waals surface area contributed by atoms with E-state index in [4.69, 9.17) is 4.74 Å². The van der Waals surface area contributed by atoms with Gasteiger partial charge in [0.2, 0.25) is 5.82 Å². The number of aromatic nitrogens is 2. The van der Waals surface area contributed by atoms with Gasteiger partial charge in [0.15, 0.2) is 6.61 Å². The number of hydrogen-bond acceptors (Lipinski definition) is 5. The Morgan fingerprint density at radius 1 is 1.27 bits per heavy atom. The predicted molar refractivity (Wildman–Crippen MR) is 101 cm³/mol. The standard InChI is InChI=1S/C18H25N5O3/c1-13(2)22(14(3)4)12-20-15-6-8-16(9-7-15)26-11-17-19-10-18(21(17)5)23(24)25/h6-10,12-14H,11H2,1-5H3. The van der Waals surface area contributed by atoms with Crippen LogP contribution in [0.15, 0.2) is 35.5 Å². The van der Waals surface area contributed by atoms with Crippen LogP contribution < -0.4 is 4.74 Å². The first-order valence-corrected chi connectivity index (χ1v) is 8.49. The van der Waals surface area contributed by atoms with E-state index in [1.165, 1.54) is 10.8 Å². The van der Waals surface area contributed by atoms with Gasteiger partial charge in [-0.05, 0) is 56.9 Å². The normalized spacial score (nSPS) is 11.5. The quantitative estimate of drug-likeness (QED) is 0.310. The Morgan fingerprint density at radius 3 is 2.38 bits per heavy atom. The van der Waals surface area contributed by atoms with E-state index in [0.717, 1.165) is 5.69 Å². The van der Waals surface area contributed by atoms with Crippen molar-refractivity contribution in [3.63, 3.8) is 0 Å². The van der Waals surface area contributed by atoms with Crippen molar-refractivity contribution in [3.8, 4) is 5.75 Å². The average Bonchev–Trinajstić information content (AvgIpc) is 2.94. The molecule has 8 heteroatoms. The molecule has 1 heterocycles. The summed E-state index contributed by atoms with van der Waals surface area (Å²) in [5.41, 5.74) is 0.830. The third kappa shape index (κ3) is 4.81. The lowest BCUT2D eigenvalue weighted by Crippen LogP contribution is -2.35. The maximum absolute atomic E-state index is 10.8. The highest BCUT2D eigenvalue weighted by atomic mass is 16.6. The van der Waals surface area contributed by atoms with Crippen LogP contribution in [0.4, 0.5) is 11.5 Å². The second-order valence-electron chi connectivity index (χ2n) is 6.51. The Hall–Kier alpha value is -2.90. The molecular weight excluding hydrogens is 334 g/mol. The number of ether oxygens (including phenoxy) is 1. The van der Waals surface area contributed by atoms with E-state index in [1.54, 1.807) is 7.05 Å². The Balaban J connectivity index is 1.98. The lowest BCUT2D eigenvalue weighted by molar-refractivity contribution is -0.391. The summed E-state index contributed by atoms with van der Waals surface area (Å²) in [7, 11) is 1.59. The first-order chi connectivity index (χ1) is 12.3. The molecule has 1 aromatic carbocycles. The molecule has 0 saturated carbocycles. The van der Waals surface area contributed by atoms with Gasteiger partial charge in [0.05, 0.1) is 19.1 Å². The summed E-state index contributed by atoms with van der Waals surface area (Å²) in [5, 5.41) is 10.8. The summed E-state index contributed by atoms with van der Waals surface area (Å²) in [4.78, 5) is 21.1. The molecule has 0 N–H and O–H groups in total. The first-order valence-electron chi connectivity index (χ1n) is 8.49. The van der Waals surface area contributed by atoms with Gasteiger partial charge in [-0.15, -0.1) is 0 Å². The molecule has 0 fully saturated rings. The summed E-state index contributed by atoms with van der Waals surface area (Å²) < 4.78 is 7.06. The molecule has 0 spiro atoms. The number of hydrogen-bond donors (Lipinski definition) is 0. The van der Waals surface area contributed by atoms with Crippen molar-refractivity contribution in [2.24, 2.45) is 12.0 Å². The number of rotatable bonds is 8. The van der Waals surface area contributed by atoms with Crippen LogP contribution in [0.3, 0.4) is 0 Å². The van der Waals surface area contributed by atoms with Crippen LogP contribution >= 0.6 is 0 Å². The van der Waals surface area contributed by atoms with Gasteiger partial charge in [-0.2, -0.15) is 0 Å². The van der Waals surface area contributed by atoms with E-state index < -0.39 is 4.92 Å². The molecule has 0 unspecified atom stereocenters. The predicted octanol–water partition coefficient (Wildman–Crippen LogP) is 3.69. The summed E-state index contributed by atoms with van der Waals surface area (Å²) in [6.45, 7) is 8.67. The zero-order valence-electron chi connectivity index (χ0n) is 15.8.